The molecule has 2 rings (SSSR count). The van der Waals surface area contributed by atoms with Crippen LogP contribution in [0.2, 0.25) is 0 Å². The Kier molecular flexibility index (Phi) is 2.90. The van der Waals surface area contributed by atoms with Crippen LogP contribution in [0.5, 0.6) is 0 Å². The minimum absolute atomic E-state index is 0.350. The lowest BCUT2D eigenvalue weighted by Gasteiger charge is -2.06. The summed E-state index contributed by atoms with van der Waals surface area (Å²) in [6, 6.07) is 5.08. The van der Waals surface area contributed by atoms with E-state index >= 15 is 0 Å². The summed E-state index contributed by atoms with van der Waals surface area (Å²) in [4.78, 5) is 14.0. The molecule has 2 aromatic rings. The molecule has 1 heterocycles. The summed E-state index contributed by atoms with van der Waals surface area (Å²) in [7, 11) is 0. The topological polar surface area (TPSA) is 79.1 Å². The standard InChI is InChI=1S/C13H16N2O2/c1-7-8(2)15-12-6-9(3-4-10(7)12)5-11(14)13(16)17/h3-4,6,11,15H,5,14H2,1-2H3,(H,16,17). The number of H-pyrrole nitrogens is 1. The van der Waals surface area contributed by atoms with Gasteiger partial charge in [-0.25, -0.2) is 0 Å². The molecule has 0 aliphatic carbocycles. The Bertz CT molecular complexity index is 572. The zero-order valence-corrected chi connectivity index (χ0v) is 9.95. The summed E-state index contributed by atoms with van der Waals surface area (Å²) >= 11 is 0. The fourth-order valence-electron chi connectivity index (χ4n) is 1.99. The highest BCUT2D eigenvalue weighted by Gasteiger charge is 2.13. The first-order chi connectivity index (χ1) is 7.99. The van der Waals surface area contributed by atoms with E-state index in [2.05, 4.69) is 11.9 Å². The summed E-state index contributed by atoms with van der Waals surface area (Å²) in [6.45, 7) is 4.09. The minimum Gasteiger partial charge on any atom is -0.480 e. The lowest BCUT2D eigenvalue weighted by molar-refractivity contribution is -0.138. The second-order valence-corrected chi connectivity index (χ2v) is 4.40. The lowest BCUT2D eigenvalue weighted by atomic mass is 10.0. The van der Waals surface area contributed by atoms with E-state index in [0.29, 0.717) is 6.42 Å². The van der Waals surface area contributed by atoms with Crippen LogP contribution in [0.1, 0.15) is 16.8 Å². The SMILES string of the molecule is Cc1[nH]c2cc(CC(N)C(=O)O)ccc2c1C. The Balaban J connectivity index is 2.35. The number of carboxylic acid groups (broad SMARTS) is 1. The first kappa shape index (κ1) is 11.7. The number of aromatic amines is 1. The monoisotopic (exact) mass is 232 g/mol. The molecule has 0 amide bonds. The summed E-state index contributed by atoms with van der Waals surface area (Å²) in [6.07, 6.45) is 0.350. The molecule has 0 fully saturated rings. The number of aryl methyl sites for hydroxylation is 2. The van der Waals surface area contributed by atoms with Gasteiger partial charge in [0.05, 0.1) is 0 Å². The van der Waals surface area contributed by atoms with Crippen LogP contribution in [-0.2, 0) is 11.2 Å². The molecule has 90 valence electrons. The van der Waals surface area contributed by atoms with Gasteiger partial charge in [-0.15, -0.1) is 0 Å². The van der Waals surface area contributed by atoms with Crippen molar-refractivity contribution in [3.05, 3.63) is 35.0 Å². The van der Waals surface area contributed by atoms with E-state index in [1.165, 1.54) is 10.9 Å². The zero-order valence-electron chi connectivity index (χ0n) is 9.95. The Morgan fingerprint density at radius 1 is 1.47 bits per heavy atom. The van der Waals surface area contributed by atoms with Gasteiger partial charge in [-0.2, -0.15) is 0 Å². The maximum absolute atomic E-state index is 10.7. The fourth-order valence-corrected chi connectivity index (χ4v) is 1.99. The summed E-state index contributed by atoms with van der Waals surface area (Å²) in [5.74, 6) is -0.969. The molecule has 4 nitrogen and oxygen atoms in total. The Morgan fingerprint density at radius 3 is 2.82 bits per heavy atom. The van der Waals surface area contributed by atoms with Gasteiger partial charge in [0, 0.05) is 16.6 Å². The second-order valence-electron chi connectivity index (χ2n) is 4.40. The molecule has 4 N–H and O–H groups in total. The Labute approximate surface area is 99.4 Å². The van der Waals surface area contributed by atoms with Gasteiger partial charge in [-0.1, -0.05) is 12.1 Å². The van der Waals surface area contributed by atoms with Crippen LogP contribution in [0, 0.1) is 13.8 Å². The predicted molar refractivity (Wildman–Crippen MR) is 67.1 cm³/mol. The number of benzene rings is 1. The molecule has 0 radical (unpaired) electrons. The van der Waals surface area contributed by atoms with Crippen LogP contribution >= 0.6 is 0 Å². The maximum Gasteiger partial charge on any atom is 0.320 e. The van der Waals surface area contributed by atoms with Gasteiger partial charge < -0.3 is 15.8 Å². The number of hydrogen-bond acceptors (Lipinski definition) is 2. The van der Waals surface area contributed by atoms with Crippen LogP contribution in [0.25, 0.3) is 10.9 Å². The average molecular weight is 232 g/mol. The second kappa shape index (κ2) is 4.22. The van der Waals surface area contributed by atoms with E-state index < -0.39 is 12.0 Å². The number of rotatable bonds is 3. The summed E-state index contributed by atoms with van der Waals surface area (Å²) in [5, 5.41) is 9.95. The lowest BCUT2D eigenvalue weighted by Crippen LogP contribution is -2.32. The molecule has 1 unspecified atom stereocenters. The van der Waals surface area contributed by atoms with E-state index in [0.717, 1.165) is 16.8 Å². The molecule has 0 aliphatic rings. The van der Waals surface area contributed by atoms with Gasteiger partial charge in [0.15, 0.2) is 0 Å². The molecule has 0 saturated carbocycles. The van der Waals surface area contributed by atoms with Crippen molar-refractivity contribution < 1.29 is 9.90 Å². The number of aromatic nitrogens is 1. The number of carbonyl (C=O) groups is 1. The number of nitrogens with two attached hydrogens (primary N) is 1. The van der Waals surface area contributed by atoms with Crippen molar-refractivity contribution in [2.75, 3.05) is 0 Å². The van der Waals surface area contributed by atoms with E-state index in [-0.39, 0.29) is 0 Å². The van der Waals surface area contributed by atoms with Crippen LogP contribution in [-0.4, -0.2) is 22.1 Å². The molecular weight excluding hydrogens is 216 g/mol. The highest BCUT2D eigenvalue weighted by molar-refractivity contribution is 5.85. The molecule has 0 aliphatic heterocycles. The number of nitrogens with one attached hydrogen (secondary N) is 1. The average Bonchev–Trinajstić information content (AvgIpc) is 2.54. The van der Waals surface area contributed by atoms with Crippen LogP contribution in [0.3, 0.4) is 0 Å². The largest absolute Gasteiger partial charge is 0.480 e. The minimum atomic E-state index is -0.969. The number of fused-ring (bicyclic) bond motifs is 1. The van der Waals surface area contributed by atoms with E-state index in [1.54, 1.807) is 0 Å². The van der Waals surface area contributed by atoms with Crippen molar-refractivity contribution >= 4 is 16.9 Å². The number of carboxylic acids is 1. The van der Waals surface area contributed by atoms with Crippen LogP contribution in [0.15, 0.2) is 18.2 Å². The molecule has 0 bridgehead atoms. The zero-order chi connectivity index (χ0) is 12.6. The van der Waals surface area contributed by atoms with E-state index in [4.69, 9.17) is 10.8 Å². The van der Waals surface area contributed by atoms with Gasteiger partial charge >= 0.3 is 5.97 Å². The Morgan fingerprint density at radius 2 is 2.18 bits per heavy atom. The highest BCUT2D eigenvalue weighted by atomic mass is 16.4. The fraction of sp³-hybridized carbons (Fsp3) is 0.308. The molecular formula is C13H16N2O2. The van der Waals surface area contributed by atoms with Crippen LogP contribution < -0.4 is 5.73 Å². The van der Waals surface area contributed by atoms with E-state index in [9.17, 15) is 4.79 Å². The first-order valence-corrected chi connectivity index (χ1v) is 5.55. The number of aliphatic carboxylic acids is 1. The van der Waals surface area contributed by atoms with Crippen molar-refractivity contribution in [2.24, 2.45) is 5.73 Å². The van der Waals surface area contributed by atoms with Crippen molar-refractivity contribution in [1.82, 2.24) is 4.98 Å². The van der Waals surface area contributed by atoms with Crippen molar-refractivity contribution in [3.8, 4) is 0 Å². The Hall–Kier alpha value is -1.81. The first-order valence-electron chi connectivity index (χ1n) is 5.55. The molecule has 0 spiro atoms. The quantitative estimate of drug-likeness (QED) is 0.754. The van der Waals surface area contributed by atoms with Crippen molar-refractivity contribution in [3.63, 3.8) is 0 Å². The van der Waals surface area contributed by atoms with Gasteiger partial charge in [0.2, 0.25) is 0 Å². The van der Waals surface area contributed by atoms with Crippen molar-refractivity contribution in [2.45, 2.75) is 26.3 Å². The van der Waals surface area contributed by atoms with Gasteiger partial charge in [-0.3, -0.25) is 4.79 Å². The van der Waals surface area contributed by atoms with E-state index in [1.807, 2.05) is 25.1 Å². The summed E-state index contributed by atoms with van der Waals surface area (Å²) in [5.41, 5.74) is 9.86. The normalized spacial score (nSPS) is 12.9. The van der Waals surface area contributed by atoms with Gasteiger partial charge in [-0.05, 0) is 37.5 Å². The van der Waals surface area contributed by atoms with Crippen LogP contribution in [0.4, 0.5) is 0 Å². The third-order valence-electron chi connectivity index (χ3n) is 3.15. The molecule has 1 aromatic heterocycles. The third-order valence-corrected chi connectivity index (χ3v) is 3.15. The molecule has 4 heteroatoms. The maximum atomic E-state index is 10.7. The summed E-state index contributed by atoms with van der Waals surface area (Å²) < 4.78 is 0. The molecule has 0 saturated heterocycles. The predicted octanol–water partition coefficient (Wildman–Crippen LogP) is 1.74. The molecule has 17 heavy (non-hydrogen) atoms. The van der Waals surface area contributed by atoms with Gasteiger partial charge in [0.1, 0.15) is 6.04 Å². The smallest absolute Gasteiger partial charge is 0.320 e. The number of hydrogen-bond donors (Lipinski definition) is 3. The van der Waals surface area contributed by atoms with Crippen molar-refractivity contribution in [1.29, 1.82) is 0 Å². The third kappa shape index (κ3) is 2.17. The van der Waals surface area contributed by atoms with Gasteiger partial charge in [0.25, 0.3) is 0 Å². The molecule has 1 atom stereocenters. The highest BCUT2D eigenvalue weighted by Crippen LogP contribution is 2.22. The molecule has 1 aromatic carbocycles.